The van der Waals surface area contributed by atoms with Gasteiger partial charge in [-0.05, 0) is 42.5 Å². The number of benzene rings is 1. The topological polar surface area (TPSA) is 50.4 Å². The fourth-order valence-corrected chi connectivity index (χ4v) is 1.70. The fourth-order valence-electron chi connectivity index (χ4n) is 1.33. The van der Waals surface area contributed by atoms with Gasteiger partial charge in [0.2, 0.25) is 5.78 Å². The van der Waals surface area contributed by atoms with Crippen LogP contribution in [0.4, 0.5) is 0 Å². The molecule has 1 heterocycles. The maximum atomic E-state index is 11.6. The Bertz CT molecular complexity index is 556. The summed E-state index contributed by atoms with van der Waals surface area (Å²) in [5, 5.41) is 9.57. The molecular formula is C13H9BrO3. The van der Waals surface area contributed by atoms with E-state index in [0.29, 0.717) is 5.56 Å². The van der Waals surface area contributed by atoms with Crippen molar-refractivity contribution in [2.45, 2.75) is 0 Å². The second kappa shape index (κ2) is 5.01. The minimum Gasteiger partial charge on any atom is -0.507 e. The second-order valence-electron chi connectivity index (χ2n) is 3.38. The van der Waals surface area contributed by atoms with Gasteiger partial charge in [-0.15, -0.1) is 0 Å². The predicted molar refractivity (Wildman–Crippen MR) is 67.9 cm³/mol. The number of hydrogen-bond acceptors (Lipinski definition) is 3. The van der Waals surface area contributed by atoms with Gasteiger partial charge >= 0.3 is 0 Å². The van der Waals surface area contributed by atoms with E-state index < -0.39 is 0 Å². The first-order valence-electron chi connectivity index (χ1n) is 4.91. The van der Waals surface area contributed by atoms with Gasteiger partial charge in [0, 0.05) is 10.0 Å². The van der Waals surface area contributed by atoms with Crippen LogP contribution in [0.1, 0.15) is 16.1 Å². The van der Waals surface area contributed by atoms with Crippen LogP contribution >= 0.6 is 15.9 Å². The van der Waals surface area contributed by atoms with Crippen LogP contribution in [0.5, 0.6) is 5.75 Å². The summed E-state index contributed by atoms with van der Waals surface area (Å²) in [5.74, 6) is 0.154. The third-order valence-corrected chi connectivity index (χ3v) is 2.66. The molecule has 0 unspecified atom stereocenters. The summed E-state index contributed by atoms with van der Waals surface area (Å²) in [6, 6.07) is 8.24. The minimum absolute atomic E-state index is 0.122. The average Bonchev–Trinajstić information content (AvgIpc) is 2.83. The summed E-state index contributed by atoms with van der Waals surface area (Å²) < 4.78 is 5.80. The molecule has 0 aliphatic heterocycles. The molecule has 1 N–H and O–H groups in total. The molecule has 0 saturated heterocycles. The van der Waals surface area contributed by atoms with Gasteiger partial charge in [0.05, 0.1) is 6.26 Å². The van der Waals surface area contributed by atoms with E-state index in [2.05, 4.69) is 15.9 Å². The zero-order valence-corrected chi connectivity index (χ0v) is 10.3. The average molecular weight is 293 g/mol. The molecule has 0 radical (unpaired) electrons. The van der Waals surface area contributed by atoms with E-state index in [1.54, 1.807) is 36.4 Å². The van der Waals surface area contributed by atoms with Crippen LogP contribution in [-0.2, 0) is 0 Å². The summed E-state index contributed by atoms with van der Waals surface area (Å²) >= 11 is 3.29. The van der Waals surface area contributed by atoms with Crippen molar-refractivity contribution in [1.29, 1.82) is 0 Å². The Morgan fingerprint density at radius 1 is 1.35 bits per heavy atom. The minimum atomic E-state index is -0.241. The number of allylic oxidation sites excluding steroid dienone is 1. The van der Waals surface area contributed by atoms with Crippen LogP contribution in [0.3, 0.4) is 0 Å². The Hall–Kier alpha value is -1.81. The lowest BCUT2D eigenvalue weighted by atomic mass is 10.1. The van der Waals surface area contributed by atoms with Crippen molar-refractivity contribution in [2.75, 3.05) is 0 Å². The van der Waals surface area contributed by atoms with Crippen molar-refractivity contribution < 1.29 is 14.3 Å². The van der Waals surface area contributed by atoms with E-state index in [9.17, 15) is 9.90 Å². The molecule has 0 spiro atoms. The Morgan fingerprint density at radius 2 is 2.18 bits per heavy atom. The highest BCUT2D eigenvalue weighted by Gasteiger charge is 2.04. The first-order chi connectivity index (χ1) is 8.16. The molecule has 86 valence electrons. The lowest BCUT2D eigenvalue weighted by Crippen LogP contribution is -1.90. The van der Waals surface area contributed by atoms with E-state index >= 15 is 0 Å². The van der Waals surface area contributed by atoms with Gasteiger partial charge in [0.15, 0.2) is 5.76 Å². The smallest absolute Gasteiger partial charge is 0.221 e. The number of phenols is 1. The van der Waals surface area contributed by atoms with Crippen LogP contribution in [0.15, 0.2) is 51.6 Å². The predicted octanol–water partition coefficient (Wildman–Crippen LogP) is 3.64. The first kappa shape index (κ1) is 11.7. The molecule has 3 nitrogen and oxygen atoms in total. The highest BCUT2D eigenvalue weighted by molar-refractivity contribution is 9.10. The molecular weight excluding hydrogens is 284 g/mol. The van der Waals surface area contributed by atoms with E-state index in [0.717, 1.165) is 4.47 Å². The lowest BCUT2D eigenvalue weighted by Gasteiger charge is -1.98. The van der Waals surface area contributed by atoms with Crippen LogP contribution in [-0.4, -0.2) is 10.9 Å². The maximum Gasteiger partial charge on any atom is 0.221 e. The number of aromatic hydroxyl groups is 1. The number of carbonyl (C=O) groups excluding carboxylic acids is 1. The molecule has 1 aromatic heterocycles. The van der Waals surface area contributed by atoms with Crippen molar-refractivity contribution in [3.63, 3.8) is 0 Å². The summed E-state index contributed by atoms with van der Waals surface area (Å²) in [6.07, 6.45) is 4.35. The number of halogens is 1. The van der Waals surface area contributed by atoms with Gasteiger partial charge in [0.1, 0.15) is 5.75 Å². The van der Waals surface area contributed by atoms with Gasteiger partial charge in [-0.1, -0.05) is 15.9 Å². The Labute approximate surface area is 107 Å². The number of carbonyl (C=O) groups is 1. The van der Waals surface area contributed by atoms with Crippen molar-refractivity contribution in [2.24, 2.45) is 0 Å². The van der Waals surface area contributed by atoms with Gasteiger partial charge in [-0.3, -0.25) is 4.79 Å². The number of ketones is 1. The van der Waals surface area contributed by atoms with Crippen molar-refractivity contribution in [1.82, 2.24) is 0 Å². The largest absolute Gasteiger partial charge is 0.507 e. The van der Waals surface area contributed by atoms with Gasteiger partial charge < -0.3 is 9.52 Å². The highest BCUT2D eigenvalue weighted by Crippen LogP contribution is 2.23. The molecule has 0 bridgehead atoms. The summed E-state index contributed by atoms with van der Waals surface area (Å²) in [6.45, 7) is 0. The molecule has 0 aliphatic carbocycles. The highest BCUT2D eigenvalue weighted by atomic mass is 79.9. The Kier molecular flexibility index (Phi) is 3.44. The standard InChI is InChI=1S/C13H9BrO3/c14-10-4-6-11(15)9(8-10)3-5-12(16)13-2-1-7-17-13/h1-8,15H/b5-3+. The molecule has 1 aromatic carbocycles. The Balaban J connectivity index is 2.21. The van der Waals surface area contributed by atoms with Gasteiger partial charge in [-0.2, -0.15) is 0 Å². The zero-order chi connectivity index (χ0) is 12.3. The van der Waals surface area contributed by atoms with Crippen LogP contribution in [0.2, 0.25) is 0 Å². The van der Waals surface area contributed by atoms with Gasteiger partial charge in [-0.25, -0.2) is 0 Å². The molecule has 0 aliphatic rings. The summed E-state index contributed by atoms with van der Waals surface area (Å²) in [7, 11) is 0. The van der Waals surface area contributed by atoms with E-state index in [1.165, 1.54) is 12.3 Å². The van der Waals surface area contributed by atoms with Crippen LogP contribution in [0, 0.1) is 0 Å². The van der Waals surface area contributed by atoms with Crippen molar-refractivity contribution in [3.8, 4) is 5.75 Å². The van der Waals surface area contributed by atoms with Crippen molar-refractivity contribution in [3.05, 3.63) is 58.5 Å². The lowest BCUT2D eigenvalue weighted by molar-refractivity contribution is 0.102. The van der Waals surface area contributed by atoms with Crippen LogP contribution in [0.25, 0.3) is 6.08 Å². The van der Waals surface area contributed by atoms with E-state index in [4.69, 9.17) is 4.42 Å². The second-order valence-corrected chi connectivity index (χ2v) is 4.29. The van der Waals surface area contributed by atoms with Gasteiger partial charge in [0.25, 0.3) is 0 Å². The summed E-state index contributed by atoms with van der Waals surface area (Å²) in [5.41, 5.74) is 0.569. The number of phenolic OH excluding ortho intramolecular Hbond substituents is 1. The fraction of sp³-hybridized carbons (Fsp3) is 0. The number of hydrogen-bond donors (Lipinski definition) is 1. The van der Waals surface area contributed by atoms with Crippen LogP contribution < -0.4 is 0 Å². The molecule has 4 heteroatoms. The third kappa shape index (κ3) is 2.85. The quantitative estimate of drug-likeness (QED) is 0.694. The zero-order valence-electron chi connectivity index (χ0n) is 8.76. The van der Waals surface area contributed by atoms with E-state index in [1.807, 2.05) is 0 Å². The molecule has 0 saturated carbocycles. The van der Waals surface area contributed by atoms with Crippen molar-refractivity contribution >= 4 is 27.8 Å². The molecule has 2 aromatic rings. The maximum absolute atomic E-state index is 11.6. The first-order valence-corrected chi connectivity index (χ1v) is 5.70. The molecule has 17 heavy (non-hydrogen) atoms. The molecule has 2 rings (SSSR count). The molecule has 0 fully saturated rings. The monoisotopic (exact) mass is 292 g/mol. The number of furan rings is 1. The third-order valence-electron chi connectivity index (χ3n) is 2.17. The molecule has 0 atom stereocenters. The SMILES string of the molecule is O=C(/C=C/c1cc(Br)ccc1O)c1ccco1. The van der Waals surface area contributed by atoms with E-state index in [-0.39, 0.29) is 17.3 Å². The molecule has 0 amide bonds. The summed E-state index contributed by atoms with van der Waals surface area (Å²) in [4.78, 5) is 11.6. The number of rotatable bonds is 3. The normalized spacial score (nSPS) is 10.9. The Morgan fingerprint density at radius 3 is 2.88 bits per heavy atom.